The van der Waals surface area contributed by atoms with Gasteiger partial charge < -0.3 is 10.0 Å². The number of anilines is 1. The normalized spacial score (nSPS) is 11.0. The molecule has 0 fully saturated rings. The van der Waals surface area contributed by atoms with Crippen molar-refractivity contribution in [3.05, 3.63) is 57.3 Å². The molecule has 1 N–H and O–H groups in total. The molecule has 0 atom stereocenters. The molecule has 1 heterocycles. The van der Waals surface area contributed by atoms with Crippen molar-refractivity contribution < 1.29 is 9.90 Å². The number of nitrogens with zero attached hydrogens (tertiary/aromatic N) is 1. The Morgan fingerprint density at radius 2 is 2.24 bits per heavy atom. The first-order valence-electron chi connectivity index (χ1n) is 6.50. The molecule has 1 aromatic heterocycles. The second kappa shape index (κ2) is 7.29. The molecule has 0 aliphatic heterocycles. The molecule has 0 radical (unpaired) electrons. The van der Waals surface area contributed by atoms with Gasteiger partial charge in [0.2, 0.25) is 0 Å². The third kappa shape index (κ3) is 4.62. The monoisotopic (exact) mass is 321 g/mol. The quantitative estimate of drug-likeness (QED) is 0.811. The summed E-state index contributed by atoms with van der Waals surface area (Å²) in [5, 5.41) is 11.4. The smallest absolute Gasteiger partial charge is 0.328 e. The Balaban J connectivity index is 2.15. The van der Waals surface area contributed by atoms with Crippen molar-refractivity contribution in [2.24, 2.45) is 0 Å². The number of hydrogen-bond acceptors (Lipinski definition) is 3. The summed E-state index contributed by atoms with van der Waals surface area (Å²) in [6, 6.07) is 9.67. The second-order valence-corrected chi connectivity index (χ2v) is 6.09. The molecule has 2 rings (SSSR count). The van der Waals surface area contributed by atoms with E-state index < -0.39 is 5.97 Å². The van der Waals surface area contributed by atoms with Gasteiger partial charge in [0.1, 0.15) is 0 Å². The highest BCUT2D eigenvalue weighted by Crippen LogP contribution is 2.25. The second-order valence-electron chi connectivity index (χ2n) is 4.63. The Morgan fingerprint density at radius 1 is 1.43 bits per heavy atom. The fraction of sp³-hybridized carbons (Fsp3) is 0.188. The van der Waals surface area contributed by atoms with Crippen LogP contribution in [0.4, 0.5) is 5.69 Å². The summed E-state index contributed by atoms with van der Waals surface area (Å²) in [4.78, 5) is 14.1. The molecule has 0 unspecified atom stereocenters. The van der Waals surface area contributed by atoms with Gasteiger partial charge in [0.15, 0.2) is 0 Å². The molecule has 0 saturated heterocycles. The lowest BCUT2D eigenvalue weighted by molar-refractivity contribution is -0.131. The van der Waals surface area contributed by atoms with Crippen LogP contribution >= 0.6 is 22.9 Å². The van der Waals surface area contributed by atoms with Gasteiger partial charge in [-0.15, -0.1) is 11.3 Å². The van der Waals surface area contributed by atoms with Crippen LogP contribution in [0.1, 0.15) is 10.4 Å². The van der Waals surface area contributed by atoms with Crippen LogP contribution in [0.15, 0.2) is 41.8 Å². The van der Waals surface area contributed by atoms with Crippen LogP contribution in [0.25, 0.3) is 6.08 Å². The van der Waals surface area contributed by atoms with Crippen molar-refractivity contribution in [2.45, 2.75) is 6.42 Å². The fourth-order valence-corrected chi connectivity index (χ4v) is 2.90. The van der Waals surface area contributed by atoms with Crippen LogP contribution in [-0.2, 0) is 11.2 Å². The van der Waals surface area contributed by atoms with Crippen molar-refractivity contribution in [1.29, 1.82) is 0 Å². The molecular formula is C16H16ClNO2S. The molecule has 0 aliphatic carbocycles. The van der Waals surface area contributed by atoms with Gasteiger partial charge in [-0.25, -0.2) is 4.79 Å². The molecule has 110 valence electrons. The van der Waals surface area contributed by atoms with Gasteiger partial charge in [0.25, 0.3) is 0 Å². The minimum Gasteiger partial charge on any atom is -0.478 e. The van der Waals surface area contributed by atoms with Crippen LogP contribution in [0.5, 0.6) is 0 Å². The zero-order valence-electron chi connectivity index (χ0n) is 11.6. The van der Waals surface area contributed by atoms with Gasteiger partial charge in [-0.05, 0) is 47.7 Å². The predicted molar refractivity (Wildman–Crippen MR) is 89.4 cm³/mol. The van der Waals surface area contributed by atoms with E-state index in [4.69, 9.17) is 16.7 Å². The molecule has 0 aliphatic rings. The number of rotatable bonds is 6. The summed E-state index contributed by atoms with van der Waals surface area (Å²) < 4.78 is 0. The standard InChI is InChI=1S/C16H16ClNO2S/c1-18(9-8-14-3-2-10-21-14)15-6-5-13(17)11-12(15)4-7-16(19)20/h2-7,10-11H,8-9H2,1H3,(H,19,20)/b7-4+. The van der Waals surface area contributed by atoms with Gasteiger partial charge in [-0.2, -0.15) is 0 Å². The maximum Gasteiger partial charge on any atom is 0.328 e. The van der Waals surface area contributed by atoms with Crippen molar-refractivity contribution in [3.63, 3.8) is 0 Å². The zero-order valence-corrected chi connectivity index (χ0v) is 13.2. The first kappa shape index (κ1) is 15.6. The van der Waals surface area contributed by atoms with E-state index in [-0.39, 0.29) is 0 Å². The Kier molecular flexibility index (Phi) is 5.42. The predicted octanol–water partition coefficient (Wildman–Crippen LogP) is 4.18. The van der Waals surface area contributed by atoms with Crippen LogP contribution in [-0.4, -0.2) is 24.7 Å². The van der Waals surface area contributed by atoms with E-state index in [1.807, 2.05) is 25.2 Å². The van der Waals surface area contributed by atoms with Gasteiger partial charge in [-0.1, -0.05) is 17.7 Å². The highest BCUT2D eigenvalue weighted by molar-refractivity contribution is 7.09. The van der Waals surface area contributed by atoms with E-state index in [1.165, 1.54) is 4.88 Å². The first-order valence-corrected chi connectivity index (χ1v) is 7.76. The van der Waals surface area contributed by atoms with E-state index in [2.05, 4.69) is 16.3 Å². The van der Waals surface area contributed by atoms with E-state index in [9.17, 15) is 4.79 Å². The highest BCUT2D eigenvalue weighted by atomic mass is 35.5. The first-order chi connectivity index (χ1) is 10.1. The maximum atomic E-state index is 10.7. The average molecular weight is 322 g/mol. The van der Waals surface area contributed by atoms with Crippen molar-refractivity contribution in [2.75, 3.05) is 18.5 Å². The van der Waals surface area contributed by atoms with Crippen LogP contribution in [0, 0.1) is 0 Å². The summed E-state index contributed by atoms with van der Waals surface area (Å²) in [6.45, 7) is 0.857. The molecule has 0 bridgehead atoms. The number of carbonyl (C=O) groups is 1. The van der Waals surface area contributed by atoms with Gasteiger partial charge in [-0.3, -0.25) is 0 Å². The molecular weight excluding hydrogens is 306 g/mol. The zero-order chi connectivity index (χ0) is 15.2. The summed E-state index contributed by atoms with van der Waals surface area (Å²) in [7, 11) is 1.99. The fourth-order valence-electron chi connectivity index (χ4n) is 2.02. The number of likely N-dealkylation sites (N-methyl/N-ethyl adjacent to an activating group) is 1. The SMILES string of the molecule is CN(CCc1cccs1)c1ccc(Cl)cc1/C=C/C(=O)O. The number of carboxylic acid groups (broad SMARTS) is 1. The maximum absolute atomic E-state index is 10.7. The Morgan fingerprint density at radius 3 is 2.90 bits per heavy atom. The minimum atomic E-state index is -0.970. The number of aliphatic carboxylic acids is 1. The summed E-state index contributed by atoms with van der Waals surface area (Å²) in [6.07, 6.45) is 3.66. The molecule has 1 aromatic carbocycles. The van der Waals surface area contributed by atoms with E-state index in [1.54, 1.807) is 23.5 Å². The summed E-state index contributed by atoms with van der Waals surface area (Å²) in [5.41, 5.74) is 1.77. The largest absolute Gasteiger partial charge is 0.478 e. The third-order valence-corrected chi connectivity index (χ3v) is 4.25. The van der Waals surface area contributed by atoms with Crippen molar-refractivity contribution in [1.82, 2.24) is 0 Å². The van der Waals surface area contributed by atoms with Gasteiger partial charge >= 0.3 is 5.97 Å². The Hall–Kier alpha value is -1.78. The third-order valence-electron chi connectivity index (χ3n) is 3.08. The van der Waals surface area contributed by atoms with E-state index >= 15 is 0 Å². The summed E-state index contributed by atoms with van der Waals surface area (Å²) in [5.74, 6) is -0.970. The highest BCUT2D eigenvalue weighted by Gasteiger charge is 2.07. The Labute approximate surface area is 133 Å². The summed E-state index contributed by atoms with van der Waals surface area (Å²) >= 11 is 7.74. The molecule has 0 saturated carbocycles. The number of carboxylic acids is 1. The lowest BCUT2D eigenvalue weighted by Crippen LogP contribution is -2.20. The lowest BCUT2D eigenvalue weighted by Gasteiger charge is -2.21. The van der Waals surface area contributed by atoms with Crippen LogP contribution < -0.4 is 4.90 Å². The van der Waals surface area contributed by atoms with Gasteiger partial charge in [0.05, 0.1) is 0 Å². The number of halogens is 1. The number of benzene rings is 1. The van der Waals surface area contributed by atoms with E-state index in [0.717, 1.165) is 30.3 Å². The minimum absolute atomic E-state index is 0.593. The van der Waals surface area contributed by atoms with Crippen molar-refractivity contribution in [3.8, 4) is 0 Å². The van der Waals surface area contributed by atoms with E-state index in [0.29, 0.717) is 5.02 Å². The van der Waals surface area contributed by atoms with Gasteiger partial charge in [0, 0.05) is 35.3 Å². The van der Waals surface area contributed by atoms with Crippen molar-refractivity contribution >= 4 is 40.7 Å². The number of hydrogen-bond donors (Lipinski definition) is 1. The van der Waals surface area contributed by atoms with Crippen LogP contribution in [0.3, 0.4) is 0 Å². The molecule has 5 heteroatoms. The lowest BCUT2D eigenvalue weighted by atomic mass is 10.1. The molecule has 0 amide bonds. The molecule has 21 heavy (non-hydrogen) atoms. The Bertz CT molecular complexity index is 638. The molecule has 3 nitrogen and oxygen atoms in total. The topological polar surface area (TPSA) is 40.5 Å². The average Bonchev–Trinajstić information content (AvgIpc) is 2.96. The number of thiophene rings is 1. The van der Waals surface area contributed by atoms with Crippen LogP contribution in [0.2, 0.25) is 5.02 Å². The molecule has 2 aromatic rings. The molecule has 0 spiro atoms.